The Morgan fingerprint density at radius 1 is 1.32 bits per heavy atom. The summed E-state index contributed by atoms with van der Waals surface area (Å²) in [6.07, 6.45) is 11.2. The fourth-order valence-corrected chi connectivity index (χ4v) is 2.40. The zero-order valence-corrected chi connectivity index (χ0v) is 11.8. The van der Waals surface area contributed by atoms with Gasteiger partial charge in [0.1, 0.15) is 0 Å². The molecule has 0 radical (unpaired) electrons. The zero-order chi connectivity index (χ0) is 13.7. The molecule has 0 aliphatic carbocycles. The highest BCUT2D eigenvalue weighted by Gasteiger charge is 2.06. The molecule has 2 nitrogen and oxygen atoms in total. The van der Waals surface area contributed by atoms with Crippen LogP contribution in [0.1, 0.15) is 38.4 Å². The Morgan fingerprint density at radius 2 is 2.16 bits per heavy atom. The summed E-state index contributed by atoms with van der Waals surface area (Å²) in [5, 5.41) is 2.58. The quantitative estimate of drug-likeness (QED) is 0.894. The second-order valence-corrected chi connectivity index (χ2v) is 4.38. The number of aromatic nitrogens is 2. The van der Waals surface area contributed by atoms with Crippen molar-refractivity contribution in [3.8, 4) is 0 Å². The average Bonchev–Trinajstić information content (AvgIpc) is 2.94. The minimum Gasteiger partial charge on any atom is -0.345 e. The normalized spacial score (nSPS) is 14.2. The predicted molar refractivity (Wildman–Crippen MR) is 81.9 cm³/mol. The van der Waals surface area contributed by atoms with Gasteiger partial charge in [0.15, 0.2) is 0 Å². The summed E-state index contributed by atoms with van der Waals surface area (Å²) in [7, 11) is 0. The van der Waals surface area contributed by atoms with Crippen molar-refractivity contribution in [2.45, 2.75) is 27.2 Å². The minimum atomic E-state index is 1.04. The van der Waals surface area contributed by atoms with Crippen LogP contribution in [-0.4, -0.2) is 9.97 Å². The summed E-state index contributed by atoms with van der Waals surface area (Å²) >= 11 is 0. The van der Waals surface area contributed by atoms with E-state index in [0.29, 0.717) is 0 Å². The predicted octanol–water partition coefficient (Wildman–Crippen LogP) is 2.85. The molecule has 98 valence electrons. The third-order valence-corrected chi connectivity index (χ3v) is 3.22. The average molecular weight is 252 g/mol. The first-order valence-electron chi connectivity index (χ1n) is 6.72. The van der Waals surface area contributed by atoms with Crippen LogP contribution in [0.25, 0.3) is 17.7 Å². The molecule has 0 saturated carbocycles. The first-order valence-corrected chi connectivity index (χ1v) is 6.72. The van der Waals surface area contributed by atoms with Gasteiger partial charge in [0, 0.05) is 5.57 Å². The van der Waals surface area contributed by atoms with Crippen molar-refractivity contribution in [3.63, 3.8) is 0 Å². The van der Waals surface area contributed by atoms with E-state index in [2.05, 4.69) is 67.2 Å². The van der Waals surface area contributed by atoms with Crippen LogP contribution in [-0.2, 0) is 0 Å². The number of aromatic amines is 1. The summed E-state index contributed by atoms with van der Waals surface area (Å²) in [6, 6.07) is 6.45. The molecule has 0 aliphatic rings. The number of nitrogens with zero attached hydrogens (tertiary/aromatic N) is 1. The van der Waals surface area contributed by atoms with Crippen LogP contribution >= 0.6 is 0 Å². The van der Waals surface area contributed by atoms with Crippen molar-refractivity contribution >= 4 is 17.7 Å². The van der Waals surface area contributed by atoms with Gasteiger partial charge in [0.2, 0.25) is 0 Å². The smallest absolute Gasteiger partial charge is 0.0924 e. The van der Waals surface area contributed by atoms with E-state index in [4.69, 9.17) is 0 Å². The van der Waals surface area contributed by atoms with Gasteiger partial charge < -0.3 is 4.98 Å². The molecule has 2 aromatic rings. The second-order valence-electron chi connectivity index (χ2n) is 4.38. The van der Waals surface area contributed by atoms with E-state index < -0.39 is 0 Å². The molecule has 0 saturated heterocycles. The molecule has 0 atom stereocenters. The molecule has 0 bridgehead atoms. The van der Waals surface area contributed by atoms with Gasteiger partial charge in [0.05, 0.1) is 18.2 Å². The third kappa shape index (κ3) is 2.68. The van der Waals surface area contributed by atoms with Crippen molar-refractivity contribution in [3.05, 3.63) is 58.5 Å². The van der Waals surface area contributed by atoms with Crippen molar-refractivity contribution in [1.82, 2.24) is 9.97 Å². The summed E-state index contributed by atoms with van der Waals surface area (Å²) < 4.78 is 0. The molecule has 0 fully saturated rings. The highest BCUT2D eigenvalue weighted by molar-refractivity contribution is 5.78. The third-order valence-electron chi connectivity index (χ3n) is 3.22. The molecule has 1 N–H and O–H groups in total. The number of hydrogen-bond acceptors (Lipinski definition) is 1. The van der Waals surface area contributed by atoms with Gasteiger partial charge in [-0.15, -0.1) is 0 Å². The van der Waals surface area contributed by atoms with E-state index in [1.807, 2.05) is 6.20 Å². The number of nitrogens with one attached hydrogen (secondary N) is 1. The molecule has 0 spiro atoms. The van der Waals surface area contributed by atoms with E-state index in [1.54, 1.807) is 6.33 Å². The summed E-state index contributed by atoms with van der Waals surface area (Å²) in [6.45, 7) is 6.31. The monoisotopic (exact) mass is 252 g/mol. The number of allylic oxidation sites excluding steroid dienone is 1. The lowest BCUT2D eigenvalue weighted by Gasteiger charge is -2.07. The SMILES string of the molecule is CC=c1c(/C(=C/C)c2cnc[nH]2)cccc1=CCC. The number of imidazole rings is 1. The Hall–Kier alpha value is -2.09. The maximum Gasteiger partial charge on any atom is 0.0924 e. The fourth-order valence-electron chi connectivity index (χ4n) is 2.40. The fraction of sp³-hybridized carbons (Fsp3) is 0.235. The molecular weight excluding hydrogens is 232 g/mol. The van der Waals surface area contributed by atoms with Gasteiger partial charge >= 0.3 is 0 Å². The molecule has 2 rings (SSSR count). The van der Waals surface area contributed by atoms with Crippen molar-refractivity contribution in [1.29, 1.82) is 0 Å². The number of rotatable bonds is 3. The summed E-state index contributed by atoms with van der Waals surface area (Å²) in [4.78, 5) is 7.30. The van der Waals surface area contributed by atoms with Gasteiger partial charge in [-0.1, -0.05) is 43.4 Å². The first kappa shape index (κ1) is 13.3. The van der Waals surface area contributed by atoms with Crippen molar-refractivity contribution in [2.75, 3.05) is 0 Å². The Kier molecular flexibility index (Phi) is 4.35. The van der Waals surface area contributed by atoms with Crippen LogP contribution in [0.5, 0.6) is 0 Å². The lowest BCUT2D eigenvalue weighted by atomic mass is 9.99. The highest BCUT2D eigenvalue weighted by atomic mass is 14.9. The van der Waals surface area contributed by atoms with E-state index in [0.717, 1.165) is 12.1 Å². The Morgan fingerprint density at radius 3 is 2.74 bits per heavy atom. The maximum atomic E-state index is 4.12. The van der Waals surface area contributed by atoms with Gasteiger partial charge in [0.25, 0.3) is 0 Å². The molecular formula is C17H20N2. The molecule has 0 unspecified atom stereocenters. The van der Waals surface area contributed by atoms with Gasteiger partial charge in [-0.05, 0) is 36.3 Å². The number of H-pyrrole nitrogens is 1. The van der Waals surface area contributed by atoms with Crippen LogP contribution < -0.4 is 10.4 Å². The molecule has 1 heterocycles. The van der Waals surface area contributed by atoms with Crippen LogP contribution in [0.15, 0.2) is 36.8 Å². The van der Waals surface area contributed by atoms with Crippen LogP contribution in [0.3, 0.4) is 0 Å². The zero-order valence-electron chi connectivity index (χ0n) is 11.8. The first-order chi connectivity index (χ1) is 9.31. The summed E-state index contributed by atoms with van der Waals surface area (Å²) in [5.74, 6) is 0. The van der Waals surface area contributed by atoms with Crippen molar-refractivity contribution in [2.24, 2.45) is 0 Å². The topological polar surface area (TPSA) is 28.7 Å². The Labute approximate surface area is 114 Å². The largest absolute Gasteiger partial charge is 0.345 e. The number of hydrogen-bond donors (Lipinski definition) is 1. The maximum absolute atomic E-state index is 4.12. The molecule has 0 amide bonds. The Balaban J connectivity index is 2.70. The van der Waals surface area contributed by atoms with E-state index >= 15 is 0 Å². The van der Waals surface area contributed by atoms with Gasteiger partial charge in [-0.25, -0.2) is 4.98 Å². The van der Waals surface area contributed by atoms with Crippen LogP contribution in [0, 0.1) is 0 Å². The molecule has 1 aromatic heterocycles. The minimum absolute atomic E-state index is 1.04. The lowest BCUT2D eigenvalue weighted by molar-refractivity contribution is 1.27. The lowest BCUT2D eigenvalue weighted by Crippen LogP contribution is -2.27. The molecule has 2 heteroatoms. The Bertz CT molecular complexity index is 677. The summed E-state index contributed by atoms with van der Waals surface area (Å²) in [5.41, 5.74) is 3.49. The molecule has 19 heavy (non-hydrogen) atoms. The standard InChI is InChI=1S/C17H20N2/c1-4-8-13-9-7-10-16(14(13)5-2)15(6-3)17-11-18-12-19-17/h5-12H,4H2,1-3H3,(H,18,19)/b13-8?,14-5?,15-6-. The van der Waals surface area contributed by atoms with Crippen molar-refractivity contribution < 1.29 is 0 Å². The molecule has 0 aliphatic heterocycles. The van der Waals surface area contributed by atoms with E-state index in [-0.39, 0.29) is 0 Å². The van der Waals surface area contributed by atoms with Gasteiger partial charge in [-0.2, -0.15) is 0 Å². The van der Waals surface area contributed by atoms with Crippen LogP contribution in [0.4, 0.5) is 0 Å². The van der Waals surface area contributed by atoms with Gasteiger partial charge in [-0.3, -0.25) is 0 Å². The highest BCUT2D eigenvalue weighted by Crippen LogP contribution is 2.17. The van der Waals surface area contributed by atoms with Crippen LogP contribution in [0.2, 0.25) is 0 Å². The second kappa shape index (κ2) is 6.19. The van der Waals surface area contributed by atoms with E-state index in [1.165, 1.54) is 21.6 Å². The molecule has 1 aromatic carbocycles. The van der Waals surface area contributed by atoms with E-state index in [9.17, 15) is 0 Å². The number of benzene rings is 1.